The standard InChI is InChI=1S/C34H39N3O6/c1-23(21-38)35-31(39)20-27-14-6-3-7-15-28(18-24-10-4-2-5-11-24)34(42)43-22-30(37-32(27)40)33(41)36-29-17-16-25-12-8-9-13-26(25)19-29/h2-6,8-13,16-17,19,23,27-28,30,38H,7,14-15,18,20-22H2,1H3,(H,35,39)(H,36,41)(H,37,40). The first-order valence-corrected chi connectivity index (χ1v) is 14.7. The average molecular weight is 586 g/mol. The van der Waals surface area contributed by atoms with Gasteiger partial charge in [-0.1, -0.05) is 72.8 Å². The van der Waals surface area contributed by atoms with Gasteiger partial charge in [-0.05, 0) is 61.1 Å². The van der Waals surface area contributed by atoms with Crippen molar-refractivity contribution in [1.82, 2.24) is 10.6 Å². The van der Waals surface area contributed by atoms with E-state index in [1.807, 2.05) is 78.9 Å². The summed E-state index contributed by atoms with van der Waals surface area (Å²) in [5.74, 6) is -3.08. The van der Waals surface area contributed by atoms with Crippen molar-refractivity contribution in [1.29, 1.82) is 0 Å². The number of aliphatic hydroxyl groups is 1. The van der Waals surface area contributed by atoms with Gasteiger partial charge in [-0.3, -0.25) is 19.2 Å². The monoisotopic (exact) mass is 585 g/mol. The first-order chi connectivity index (χ1) is 20.8. The van der Waals surface area contributed by atoms with Crippen LogP contribution in [0.4, 0.5) is 5.69 Å². The van der Waals surface area contributed by atoms with Crippen LogP contribution in [-0.4, -0.2) is 54.1 Å². The van der Waals surface area contributed by atoms with Crippen molar-refractivity contribution < 1.29 is 29.0 Å². The Morgan fingerprint density at radius 1 is 0.977 bits per heavy atom. The van der Waals surface area contributed by atoms with E-state index in [4.69, 9.17) is 4.74 Å². The molecular formula is C34H39N3O6. The second-order valence-electron chi connectivity index (χ2n) is 11.0. The van der Waals surface area contributed by atoms with E-state index in [1.165, 1.54) is 0 Å². The topological polar surface area (TPSA) is 134 Å². The quantitative estimate of drug-likeness (QED) is 0.234. The van der Waals surface area contributed by atoms with E-state index in [2.05, 4.69) is 16.0 Å². The summed E-state index contributed by atoms with van der Waals surface area (Å²) in [6.45, 7) is 1.08. The van der Waals surface area contributed by atoms with Crippen LogP contribution in [0.2, 0.25) is 0 Å². The summed E-state index contributed by atoms with van der Waals surface area (Å²) in [5, 5.41) is 19.5. The van der Waals surface area contributed by atoms with E-state index in [0.29, 0.717) is 24.9 Å². The van der Waals surface area contributed by atoms with Crippen LogP contribution >= 0.6 is 0 Å². The van der Waals surface area contributed by atoms with Gasteiger partial charge in [0.05, 0.1) is 18.4 Å². The smallest absolute Gasteiger partial charge is 0.309 e. The van der Waals surface area contributed by atoms with Crippen LogP contribution in [0.5, 0.6) is 0 Å². The Hall–Kier alpha value is -4.50. The summed E-state index contributed by atoms with van der Waals surface area (Å²) in [6, 6.07) is 21.2. The molecule has 1 heterocycles. The third kappa shape index (κ3) is 9.51. The van der Waals surface area contributed by atoms with Gasteiger partial charge in [-0.15, -0.1) is 0 Å². The molecule has 3 aromatic rings. The van der Waals surface area contributed by atoms with Crippen molar-refractivity contribution in [3.05, 3.63) is 90.5 Å². The molecule has 9 nitrogen and oxygen atoms in total. The Bertz CT molecular complexity index is 1440. The van der Waals surface area contributed by atoms with E-state index < -0.39 is 41.7 Å². The zero-order valence-electron chi connectivity index (χ0n) is 24.3. The summed E-state index contributed by atoms with van der Waals surface area (Å²) < 4.78 is 5.67. The van der Waals surface area contributed by atoms with E-state index in [9.17, 15) is 24.3 Å². The molecule has 9 heteroatoms. The van der Waals surface area contributed by atoms with E-state index in [1.54, 1.807) is 13.0 Å². The van der Waals surface area contributed by atoms with Gasteiger partial charge in [-0.2, -0.15) is 0 Å². The number of cyclic esters (lactones) is 1. The number of nitrogens with one attached hydrogen (secondary N) is 3. The van der Waals surface area contributed by atoms with Gasteiger partial charge in [0.1, 0.15) is 12.6 Å². The van der Waals surface area contributed by atoms with Crippen LogP contribution in [0.1, 0.15) is 38.2 Å². The number of aliphatic hydroxyl groups excluding tert-OH is 1. The number of esters is 1. The molecule has 1 aliphatic heterocycles. The minimum absolute atomic E-state index is 0.129. The predicted molar refractivity (Wildman–Crippen MR) is 165 cm³/mol. The molecular weight excluding hydrogens is 546 g/mol. The zero-order valence-corrected chi connectivity index (χ0v) is 24.3. The molecule has 0 spiro atoms. The van der Waals surface area contributed by atoms with Crippen molar-refractivity contribution in [3.8, 4) is 0 Å². The molecule has 43 heavy (non-hydrogen) atoms. The molecule has 3 aromatic carbocycles. The molecule has 0 fully saturated rings. The minimum Gasteiger partial charge on any atom is -0.463 e. The fourth-order valence-electron chi connectivity index (χ4n) is 5.02. The Kier molecular flexibility index (Phi) is 11.4. The highest BCUT2D eigenvalue weighted by Gasteiger charge is 2.30. The molecule has 1 aliphatic rings. The zero-order chi connectivity index (χ0) is 30.6. The fourth-order valence-corrected chi connectivity index (χ4v) is 5.02. The molecule has 0 radical (unpaired) electrons. The highest BCUT2D eigenvalue weighted by molar-refractivity contribution is 5.99. The van der Waals surface area contributed by atoms with Gasteiger partial charge in [0, 0.05) is 18.2 Å². The summed E-state index contributed by atoms with van der Waals surface area (Å²) >= 11 is 0. The Balaban J connectivity index is 1.55. The van der Waals surface area contributed by atoms with E-state index in [-0.39, 0.29) is 32.0 Å². The maximum Gasteiger partial charge on any atom is 0.309 e. The lowest BCUT2D eigenvalue weighted by molar-refractivity contribution is -0.150. The maximum absolute atomic E-state index is 13.5. The van der Waals surface area contributed by atoms with Crippen LogP contribution in [0.25, 0.3) is 10.8 Å². The highest BCUT2D eigenvalue weighted by atomic mass is 16.5. The number of anilines is 1. The fraction of sp³-hybridized carbons (Fsp3) is 0.353. The molecule has 226 valence electrons. The van der Waals surface area contributed by atoms with Gasteiger partial charge >= 0.3 is 5.97 Å². The van der Waals surface area contributed by atoms with Crippen LogP contribution < -0.4 is 16.0 Å². The molecule has 4 rings (SSSR count). The summed E-state index contributed by atoms with van der Waals surface area (Å²) in [5.41, 5.74) is 1.53. The number of rotatable bonds is 8. The van der Waals surface area contributed by atoms with Gasteiger partial charge in [-0.25, -0.2) is 0 Å². The third-order valence-corrected chi connectivity index (χ3v) is 7.45. The molecule has 0 saturated heterocycles. The number of carbonyl (C=O) groups is 4. The molecule has 0 saturated carbocycles. The van der Waals surface area contributed by atoms with Crippen LogP contribution in [0.3, 0.4) is 0 Å². The molecule has 4 atom stereocenters. The van der Waals surface area contributed by atoms with Crippen molar-refractivity contribution in [2.75, 3.05) is 18.5 Å². The van der Waals surface area contributed by atoms with Crippen LogP contribution in [-0.2, 0) is 30.3 Å². The molecule has 0 bridgehead atoms. The average Bonchev–Trinajstić information content (AvgIpc) is 3.02. The van der Waals surface area contributed by atoms with Crippen molar-refractivity contribution in [3.63, 3.8) is 0 Å². The van der Waals surface area contributed by atoms with E-state index in [0.717, 1.165) is 16.3 Å². The number of fused-ring (bicyclic) bond motifs is 1. The summed E-state index contributed by atoms with van der Waals surface area (Å²) in [4.78, 5) is 52.8. The number of amides is 3. The summed E-state index contributed by atoms with van der Waals surface area (Å²) in [7, 11) is 0. The first kappa shape index (κ1) is 31.4. The van der Waals surface area contributed by atoms with Crippen molar-refractivity contribution >= 4 is 40.2 Å². The number of hydrogen-bond donors (Lipinski definition) is 4. The lowest BCUT2D eigenvalue weighted by Gasteiger charge is -2.23. The molecule has 3 amide bonds. The van der Waals surface area contributed by atoms with Gasteiger partial charge in [0.15, 0.2) is 0 Å². The Morgan fingerprint density at radius 2 is 1.72 bits per heavy atom. The Labute approximate surface area is 251 Å². The normalized spacial score (nSPS) is 20.5. The molecule has 0 aromatic heterocycles. The largest absolute Gasteiger partial charge is 0.463 e. The number of carbonyl (C=O) groups excluding carboxylic acids is 4. The number of ether oxygens (including phenoxy) is 1. The number of allylic oxidation sites excluding steroid dienone is 2. The number of hydrogen-bond acceptors (Lipinski definition) is 6. The SMILES string of the molecule is CC(CO)NC(=O)CC1CC=CCCC(Cc2ccccc2)C(=O)OCC(C(=O)Nc2ccc3ccccc3c2)NC1=O. The summed E-state index contributed by atoms with van der Waals surface area (Å²) in [6.07, 6.45) is 5.47. The van der Waals surface area contributed by atoms with Crippen molar-refractivity contribution in [2.45, 2.75) is 51.1 Å². The second kappa shape index (κ2) is 15.7. The van der Waals surface area contributed by atoms with Gasteiger partial charge < -0.3 is 25.8 Å². The lowest BCUT2D eigenvalue weighted by atomic mass is 9.94. The van der Waals surface area contributed by atoms with Gasteiger partial charge in [0.25, 0.3) is 5.91 Å². The molecule has 4 unspecified atom stereocenters. The van der Waals surface area contributed by atoms with Crippen molar-refractivity contribution in [2.24, 2.45) is 11.8 Å². The highest BCUT2D eigenvalue weighted by Crippen LogP contribution is 2.21. The van der Waals surface area contributed by atoms with Gasteiger partial charge in [0.2, 0.25) is 11.8 Å². The van der Waals surface area contributed by atoms with E-state index >= 15 is 0 Å². The number of benzene rings is 3. The maximum atomic E-state index is 13.5. The third-order valence-electron chi connectivity index (χ3n) is 7.45. The molecule has 4 N–H and O–H groups in total. The Morgan fingerprint density at radius 3 is 2.49 bits per heavy atom. The van der Waals surface area contributed by atoms with Crippen LogP contribution in [0.15, 0.2) is 84.9 Å². The lowest BCUT2D eigenvalue weighted by Crippen LogP contribution is -2.50. The minimum atomic E-state index is -1.19. The van der Waals surface area contributed by atoms with Crippen LogP contribution in [0, 0.1) is 11.8 Å². The predicted octanol–water partition coefficient (Wildman–Crippen LogP) is 3.91. The molecule has 0 aliphatic carbocycles. The first-order valence-electron chi connectivity index (χ1n) is 14.7. The second-order valence-corrected chi connectivity index (χ2v) is 11.0.